The maximum absolute atomic E-state index is 12.1. The molecule has 0 aliphatic heterocycles. The summed E-state index contributed by atoms with van der Waals surface area (Å²) < 4.78 is 0. The Hall–Kier alpha value is -0.370. The molecular formula is C16H29NO. The molecule has 0 saturated heterocycles. The van der Waals surface area contributed by atoms with Crippen molar-refractivity contribution in [2.24, 2.45) is 17.8 Å². The van der Waals surface area contributed by atoms with Crippen LogP contribution in [-0.4, -0.2) is 30.3 Å². The van der Waals surface area contributed by atoms with Crippen molar-refractivity contribution in [3.05, 3.63) is 0 Å². The van der Waals surface area contributed by atoms with Gasteiger partial charge in [0.1, 0.15) is 5.78 Å². The summed E-state index contributed by atoms with van der Waals surface area (Å²) in [5.74, 6) is 2.34. The minimum absolute atomic E-state index is 0.316. The predicted octanol–water partition coefficient (Wildman–Crippen LogP) is 3.50. The zero-order valence-electron chi connectivity index (χ0n) is 12.3. The first-order chi connectivity index (χ1) is 8.58. The van der Waals surface area contributed by atoms with Crippen molar-refractivity contribution in [3.8, 4) is 0 Å². The number of ketones is 1. The van der Waals surface area contributed by atoms with Crippen LogP contribution in [0.15, 0.2) is 0 Å². The largest absolute Gasteiger partial charge is 0.303 e. The van der Waals surface area contributed by atoms with Gasteiger partial charge in [-0.15, -0.1) is 0 Å². The van der Waals surface area contributed by atoms with E-state index in [9.17, 15) is 4.79 Å². The van der Waals surface area contributed by atoms with E-state index in [1.807, 2.05) is 0 Å². The summed E-state index contributed by atoms with van der Waals surface area (Å²) in [5.41, 5.74) is 0. The molecule has 0 heterocycles. The van der Waals surface area contributed by atoms with Gasteiger partial charge < -0.3 is 4.90 Å². The molecule has 18 heavy (non-hydrogen) atoms. The average molecular weight is 251 g/mol. The van der Waals surface area contributed by atoms with Crippen molar-refractivity contribution in [2.75, 3.05) is 13.6 Å². The third-order valence-electron chi connectivity index (χ3n) is 5.20. The van der Waals surface area contributed by atoms with Crippen LogP contribution in [-0.2, 0) is 4.79 Å². The van der Waals surface area contributed by atoms with E-state index in [0.29, 0.717) is 11.7 Å². The van der Waals surface area contributed by atoms with Crippen molar-refractivity contribution in [1.82, 2.24) is 4.90 Å². The van der Waals surface area contributed by atoms with Gasteiger partial charge in [0.05, 0.1) is 0 Å². The van der Waals surface area contributed by atoms with Gasteiger partial charge >= 0.3 is 0 Å². The van der Waals surface area contributed by atoms with Gasteiger partial charge in [-0.3, -0.25) is 4.79 Å². The van der Waals surface area contributed by atoms with Gasteiger partial charge in [0, 0.05) is 24.9 Å². The fraction of sp³-hybridized carbons (Fsp3) is 0.938. The smallest absolute Gasteiger partial charge is 0.137 e. The Morgan fingerprint density at radius 1 is 1.22 bits per heavy atom. The molecule has 2 saturated carbocycles. The molecule has 2 rings (SSSR count). The van der Waals surface area contributed by atoms with Gasteiger partial charge in [-0.25, -0.2) is 0 Å². The molecule has 104 valence electrons. The lowest BCUT2D eigenvalue weighted by Crippen LogP contribution is -2.39. The number of hydrogen-bond acceptors (Lipinski definition) is 2. The molecule has 2 aliphatic rings. The molecule has 2 fully saturated rings. The Morgan fingerprint density at radius 2 is 1.89 bits per heavy atom. The lowest BCUT2D eigenvalue weighted by molar-refractivity contribution is -0.126. The minimum Gasteiger partial charge on any atom is -0.303 e. The first-order valence-electron chi connectivity index (χ1n) is 7.81. The summed E-state index contributed by atoms with van der Waals surface area (Å²) in [6.45, 7) is 5.61. The van der Waals surface area contributed by atoms with E-state index >= 15 is 0 Å². The van der Waals surface area contributed by atoms with Gasteiger partial charge in [-0.05, 0) is 44.6 Å². The third kappa shape index (κ3) is 3.34. The molecule has 2 aliphatic carbocycles. The van der Waals surface area contributed by atoms with E-state index < -0.39 is 0 Å². The molecule has 0 aromatic heterocycles. The standard InChI is InChI=1S/C16H29NO/c1-12(2)13-8-9-16(18)14(10-13)11-17(3)15-6-4-5-7-15/h12-15H,4-11H2,1-3H3. The summed E-state index contributed by atoms with van der Waals surface area (Å²) in [6, 6.07) is 0.747. The number of carbonyl (C=O) groups excluding carboxylic acids is 1. The highest BCUT2D eigenvalue weighted by atomic mass is 16.1. The first-order valence-corrected chi connectivity index (χ1v) is 7.81. The van der Waals surface area contributed by atoms with Crippen LogP contribution in [0.1, 0.15) is 58.8 Å². The summed E-state index contributed by atoms with van der Waals surface area (Å²) >= 11 is 0. The van der Waals surface area contributed by atoms with E-state index in [1.165, 1.54) is 25.7 Å². The van der Waals surface area contributed by atoms with Gasteiger partial charge in [0.25, 0.3) is 0 Å². The zero-order chi connectivity index (χ0) is 13.1. The highest BCUT2D eigenvalue weighted by Gasteiger charge is 2.32. The highest BCUT2D eigenvalue weighted by Crippen LogP contribution is 2.33. The van der Waals surface area contributed by atoms with Crippen molar-refractivity contribution in [2.45, 2.75) is 64.8 Å². The molecule has 0 spiro atoms. The van der Waals surface area contributed by atoms with Crippen molar-refractivity contribution >= 4 is 5.78 Å². The zero-order valence-corrected chi connectivity index (χ0v) is 12.3. The Bertz CT molecular complexity index is 281. The van der Waals surface area contributed by atoms with Crippen LogP contribution in [0.5, 0.6) is 0 Å². The van der Waals surface area contributed by atoms with Crippen molar-refractivity contribution < 1.29 is 4.79 Å². The van der Waals surface area contributed by atoms with E-state index in [0.717, 1.165) is 43.7 Å². The number of carbonyl (C=O) groups is 1. The van der Waals surface area contributed by atoms with Crippen LogP contribution in [0.2, 0.25) is 0 Å². The second-order valence-corrected chi connectivity index (χ2v) is 6.82. The molecule has 0 amide bonds. The second kappa shape index (κ2) is 6.18. The van der Waals surface area contributed by atoms with Gasteiger partial charge in [0.15, 0.2) is 0 Å². The van der Waals surface area contributed by atoms with Crippen LogP contribution in [0, 0.1) is 17.8 Å². The topological polar surface area (TPSA) is 20.3 Å². The van der Waals surface area contributed by atoms with Crippen LogP contribution in [0.25, 0.3) is 0 Å². The Labute approximate surface area is 112 Å². The number of rotatable bonds is 4. The number of nitrogens with zero attached hydrogens (tertiary/aromatic N) is 1. The molecule has 2 unspecified atom stereocenters. The molecule has 2 atom stereocenters. The molecular weight excluding hydrogens is 222 g/mol. The van der Waals surface area contributed by atoms with Crippen LogP contribution in [0.4, 0.5) is 0 Å². The molecule has 0 aromatic carbocycles. The van der Waals surface area contributed by atoms with Crippen LogP contribution >= 0.6 is 0 Å². The normalized spacial score (nSPS) is 30.6. The van der Waals surface area contributed by atoms with Crippen molar-refractivity contribution in [3.63, 3.8) is 0 Å². The lowest BCUT2D eigenvalue weighted by atomic mass is 9.75. The Morgan fingerprint density at radius 3 is 2.50 bits per heavy atom. The number of Topliss-reactive ketones (excluding diaryl/α,β-unsaturated/α-hetero) is 1. The predicted molar refractivity (Wildman–Crippen MR) is 75.6 cm³/mol. The van der Waals surface area contributed by atoms with E-state index in [1.54, 1.807) is 0 Å². The molecule has 0 aromatic rings. The van der Waals surface area contributed by atoms with Gasteiger partial charge in [-0.1, -0.05) is 26.7 Å². The van der Waals surface area contributed by atoms with E-state index in [-0.39, 0.29) is 0 Å². The lowest BCUT2D eigenvalue weighted by Gasteiger charge is -2.34. The molecule has 2 nitrogen and oxygen atoms in total. The summed E-state index contributed by atoms with van der Waals surface area (Å²) in [7, 11) is 2.22. The molecule has 0 N–H and O–H groups in total. The molecule has 0 bridgehead atoms. The second-order valence-electron chi connectivity index (χ2n) is 6.82. The van der Waals surface area contributed by atoms with E-state index in [4.69, 9.17) is 0 Å². The van der Waals surface area contributed by atoms with Gasteiger partial charge in [-0.2, -0.15) is 0 Å². The van der Waals surface area contributed by atoms with E-state index in [2.05, 4.69) is 25.8 Å². The third-order valence-corrected chi connectivity index (χ3v) is 5.20. The summed E-state index contributed by atoms with van der Waals surface area (Å²) in [4.78, 5) is 14.6. The summed E-state index contributed by atoms with van der Waals surface area (Å²) in [5, 5.41) is 0. The molecule has 0 radical (unpaired) electrons. The Balaban J connectivity index is 1.87. The minimum atomic E-state index is 0.316. The maximum atomic E-state index is 12.1. The SMILES string of the molecule is CC(C)C1CCC(=O)C(CN(C)C2CCCC2)C1. The van der Waals surface area contributed by atoms with Crippen LogP contribution < -0.4 is 0 Å². The number of hydrogen-bond donors (Lipinski definition) is 0. The van der Waals surface area contributed by atoms with Crippen LogP contribution in [0.3, 0.4) is 0 Å². The maximum Gasteiger partial charge on any atom is 0.137 e. The average Bonchev–Trinajstić information content (AvgIpc) is 2.85. The fourth-order valence-corrected chi connectivity index (χ4v) is 3.77. The quantitative estimate of drug-likeness (QED) is 0.762. The first kappa shape index (κ1) is 14.0. The monoisotopic (exact) mass is 251 g/mol. The van der Waals surface area contributed by atoms with Crippen molar-refractivity contribution in [1.29, 1.82) is 0 Å². The molecule has 2 heteroatoms. The Kier molecular flexibility index (Phi) is 4.83. The fourth-order valence-electron chi connectivity index (χ4n) is 3.77. The summed E-state index contributed by atoms with van der Waals surface area (Å²) in [6.07, 6.45) is 8.51. The highest BCUT2D eigenvalue weighted by molar-refractivity contribution is 5.82. The van der Waals surface area contributed by atoms with Gasteiger partial charge in [0.2, 0.25) is 0 Å².